The average Bonchev–Trinajstić information content (AvgIpc) is 3.30. The molecule has 0 rings (SSSR count). The fraction of sp³-hybridized carbons (Fsp3) is 0.780. The predicted molar refractivity (Wildman–Crippen MR) is 279 cm³/mol. The molecule has 0 aliphatic carbocycles. The number of esters is 3. The van der Waals surface area contributed by atoms with Crippen LogP contribution in [-0.4, -0.2) is 37.2 Å². The summed E-state index contributed by atoms with van der Waals surface area (Å²) in [6, 6.07) is 0. The molecule has 0 aliphatic heterocycles. The molecule has 6 nitrogen and oxygen atoms in total. The summed E-state index contributed by atoms with van der Waals surface area (Å²) in [6.07, 6.45) is 66.5. The van der Waals surface area contributed by atoms with E-state index >= 15 is 0 Å². The van der Waals surface area contributed by atoms with E-state index in [1.807, 2.05) is 0 Å². The number of carbonyl (C=O) groups excluding carboxylic acids is 3. The maximum absolute atomic E-state index is 12.8. The Morgan fingerprint density at radius 3 is 0.908 bits per heavy atom. The molecule has 376 valence electrons. The van der Waals surface area contributed by atoms with Crippen molar-refractivity contribution >= 4 is 17.9 Å². The zero-order valence-electron chi connectivity index (χ0n) is 43.0. The van der Waals surface area contributed by atoms with Crippen molar-refractivity contribution in [1.29, 1.82) is 0 Å². The van der Waals surface area contributed by atoms with Crippen molar-refractivity contribution in [2.45, 2.75) is 284 Å². The number of unbranched alkanes of at least 4 members (excludes halogenated alkanes) is 29. The molecule has 0 saturated heterocycles. The summed E-state index contributed by atoms with van der Waals surface area (Å²) in [7, 11) is 0. The first-order chi connectivity index (χ1) is 32.0. The highest BCUT2D eigenvalue weighted by Crippen LogP contribution is 2.15. The Labute approximate surface area is 402 Å². The van der Waals surface area contributed by atoms with Gasteiger partial charge in [-0.05, 0) is 83.5 Å². The van der Waals surface area contributed by atoms with E-state index in [0.717, 1.165) is 96.3 Å². The first kappa shape index (κ1) is 62.1. The molecule has 1 atom stereocenters. The van der Waals surface area contributed by atoms with Crippen LogP contribution < -0.4 is 0 Å². The van der Waals surface area contributed by atoms with Gasteiger partial charge in [0, 0.05) is 19.3 Å². The van der Waals surface area contributed by atoms with Crippen molar-refractivity contribution in [3.63, 3.8) is 0 Å². The van der Waals surface area contributed by atoms with E-state index in [1.165, 1.54) is 141 Å². The van der Waals surface area contributed by atoms with E-state index in [1.54, 1.807) is 0 Å². The molecule has 0 saturated carbocycles. The minimum Gasteiger partial charge on any atom is -0.462 e. The molecule has 0 heterocycles. The lowest BCUT2D eigenvalue weighted by molar-refractivity contribution is -0.167. The van der Waals surface area contributed by atoms with E-state index in [-0.39, 0.29) is 31.1 Å². The molecule has 0 N–H and O–H groups in total. The van der Waals surface area contributed by atoms with E-state index in [4.69, 9.17) is 14.2 Å². The normalized spacial score (nSPS) is 12.5. The van der Waals surface area contributed by atoms with Gasteiger partial charge in [0.15, 0.2) is 6.10 Å². The fourth-order valence-electron chi connectivity index (χ4n) is 7.76. The van der Waals surface area contributed by atoms with Crippen LogP contribution in [0.3, 0.4) is 0 Å². The summed E-state index contributed by atoms with van der Waals surface area (Å²) in [5.74, 6) is -0.896. The van der Waals surface area contributed by atoms with Crippen LogP contribution in [0.25, 0.3) is 0 Å². The van der Waals surface area contributed by atoms with Gasteiger partial charge in [-0.1, -0.05) is 236 Å². The second-order valence-corrected chi connectivity index (χ2v) is 18.5. The summed E-state index contributed by atoms with van der Waals surface area (Å²) in [5.41, 5.74) is 0. The van der Waals surface area contributed by atoms with E-state index < -0.39 is 6.10 Å². The summed E-state index contributed by atoms with van der Waals surface area (Å²) in [5, 5.41) is 0. The second-order valence-electron chi connectivity index (χ2n) is 18.5. The second kappa shape index (κ2) is 53.7. The van der Waals surface area contributed by atoms with E-state index in [9.17, 15) is 14.4 Å². The third kappa shape index (κ3) is 51.9. The predicted octanol–water partition coefficient (Wildman–Crippen LogP) is 18.4. The van der Waals surface area contributed by atoms with Gasteiger partial charge in [-0.15, -0.1) is 0 Å². The quantitative estimate of drug-likeness (QED) is 0.0262. The SMILES string of the molecule is CCCC/C=C\C/C=C\CCCCCCCC(=O)OC(COC(=O)CCCCCCCCCC)COC(=O)CCCCCCCCCCCC/C=C\C/C=C\C/C=C\CCCCCCC. The maximum atomic E-state index is 12.8. The van der Waals surface area contributed by atoms with Crippen LogP contribution in [0, 0.1) is 0 Å². The smallest absolute Gasteiger partial charge is 0.306 e. The van der Waals surface area contributed by atoms with Crippen LogP contribution in [-0.2, 0) is 28.6 Å². The Morgan fingerprint density at radius 2 is 0.569 bits per heavy atom. The molecule has 0 fully saturated rings. The van der Waals surface area contributed by atoms with Crippen molar-refractivity contribution in [2.24, 2.45) is 0 Å². The molecular formula is C59H104O6. The highest BCUT2D eigenvalue weighted by atomic mass is 16.6. The lowest BCUT2D eigenvalue weighted by Crippen LogP contribution is -2.30. The molecule has 0 aromatic rings. The Morgan fingerprint density at radius 1 is 0.308 bits per heavy atom. The van der Waals surface area contributed by atoms with Crippen LogP contribution in [0.4, 0.5) is 0 Å². The number of hydrogen-bond donors (Lipinski definition) is 0. The Balaban J connectivity index is 4.20. The van der Waals surface area contributed by atoms with Crippen molar-refractivity contribution in [1.82, 2.24) is 0 Å². The summed E-state index contributed by atoms with van der Waals surface area (Å²) < 4.78 is 16.8. The maximum Gasteiger partial charge on any atom is 0.306 e. The summed E-state index contributed by atoms with van der Waals surface area (Å²) in [6.45, 7) is 6.55. The van der Waals surface area contributed by atoms with Crippen molar-refractivity contribution in [2.75, 3.05) is 13.2 Å². The summed E-state index contributed by atoms with van der Waals surface area (Å²) in [4.78, 5) is 37.9. The van der Waals surface area contributed by atoms with Gasteiger partial charge < -0.3 is 14.2 Å². The number of carbonyl (C=O) groups is 3. The Hall–Kier alpha value is -2.89. The molecule has 0 amide bonds. The van der Waals surface area contributed by atoms with Gasteiger partial charge in [-0.2, -0.15) is 0 Å². The Kier molecular flexibility index (Phi) is 51.3. The van der Waals surface area contributed by atoms with Crippen LogP contribution in [0.5, 0.6) is 0 Å². The molecule has 6 heteroatoms. The fourth-order valence-corrected chi connectivity index (χ4v) is 7.76. The molecule has 65 heavy (non-hydrogen) atoms. The van der Waals surface area contributed by atoms with Crippen molar-refractivity contribution in [3.8, 4) is 0 Å². The minimum absolute atomic E-state index is 0.0798. The standard InChI is InChI=1S/C59H104O6/c1-4-7-10-13-16-19-21-23-25-26-27-28-29-30-31-32-33-34-35-37-38-40-43-46-49-52-58(61)64-55-56(54-63-57(60)51-48-45-42-18-15-12-9-6-3)65-59(62)53-50-47-44-41-39-36-24-22-20-17-14-11-8-5-2/h14,17,21-24,26-27,29-30,56H,4-13,15-16,18-20,25,28,31-55H2,1-3H3/b17-14-,23-21-,24-22-,27-26-,30-29-. The Bertz CT molecular complexity index is 1180. The molecular weight excluding hydrogens is 805 g/mol. The van der Waals surface area contributed by atoms with E-state index in [0.29, 0.717) is 19.3 Å². The third-order valence-electron chi connectivity index (χ3n) is 12.0. The van der Waals surface area contributed by atoms with Crippen LogP contribution in [0.1, 0.15) is 278 Å². The zero-order chi connectivity index (χ0) is 47.2. The highest BCUT2D eigenvalue weighted by molar-refractivity contribution is 5.71. The topological polar surface area (TPSA) is 78.9 Å². The average molecular weight is 909 g/mol. The molecule has 0 bridgehead atoms. The minimum atomic E-state index is -0.779. The third-order valence-corrected chi connectivity index (χ3v) is 12.0. The highest BCUT2D eigenvalue weighted by Gasteiger charge is 2.19. The van der Waals surface area contributed by atoms with Gasteiger partial charge in [0.05, 0.1) is 0 Å². The molecule has 1 unspecified atom stereocenters. The lowest BCUT2D eigenvalue weighted by atomic mass is 10.1. The van der Waals surface area contributed by atoms with Gasteiger partial charge in [0.2, 0.25) is 0 Å². The first-order valence-corrected chi connectivity index (χ1v) is 27.8. The summed E-state index contributed by atoms with van der Waals surface area (Å²) >= 11 is 0. The van der Waals surface area contributed by atoms with Crippen LogP contribution >= 0.6 is 0 Å². The number of rotatable bonds is 50. The molecule has 0 aliphatic rings. The molecule has 0 aromatic carbocycles. The monoisotopic (exact) mass is 909 g/mol. The lowest BCUT2D eigenvalue weighted by Gasteiger charge is -2.18. The molecule has 0 aromatic heterocycles. The van der Waals surface area contributed by atoms with Gasteiger partial charge >= 0.3 is 17.9 Å². The van der Waals surface area contributed by atoms with Crippen molar-refractivity contribution < 1.29 is 28.6 Å². The van der Waals surface area contributed by atoms with Gasteiger partial charge in [0.25, 0.3) is 0 Å². The van der Waals surface area contributed by atoms with Crippen molar-refractivity contribution in [3.05, 3.63) is 60.8 Å². The van der Waals surface area contributed by atoms with Gasteiger partial charge in [-0.25, -0.2) is 0 Å². The number of ether oxygens (including phenoxy) is 3. The van der Waals surface area contributed by atoms with Gasteiger partial charge in [-0.3, -0.25) is 14.4 Å². The first-order valence-electron chi connectivity index (χ1n) is 27.8. The number of allylic oxidation sites excluding steroid dienone is 10. The molecule has 0 spiro atoms. The molecule has 0 radical (unpaired) electrons. The van der Waals surface area contributed by atoms with Crippen LogP contribution in [0.2, 0.25) is 0 Å². The van der Waals surface area contributed by atoms with E-state index in [2.05, 4.69) is 81.5 Å². The van der Waals surface area contributed by atoms with Crippen LogP contribution in [0.15, 0.2) is 60.8 Å². The number of hydrogen-bond acceptors (Lipinski definition) is 6. The zero-order valence-corrected chi connectivity index (χ0v) is 43.0. The van der Waals surface area contributed by atoms with Gasteiger partial charge in [0.1, 0.15) is 13.2 Å². The largest absolute Gasteiger partial charge is 0.462 e.